The largest absolute Gasteiger partial charge is 0.490 e. The molecule has 3 aromatic rings. The summed E-state index contributed by atoms with van der Waals surface area (Å²) in [5.74, 6) is -0.509. The summed E-state index contributed by atoms with van der Waals surface area (Å²) >= 11 is 1.08. The van der Waals surface area contributed by atoms with E-state index in [-0.39, 0.29) is 52.1 Å². The van der Waals surface area contributed by atoms with Crippen LogP contribution in [0.25, 0.3) is 0 Å². The summed E-state index contributed by atoms with van der Waals surface area (Å²) in [6.07, 6.45) is 1.34. The Labute approximate surface area is 276 Å². The average Bonchev–Trinajstić information content (AvgIpc) is 3.59. The SMILES string of the molecule is C[C@@H]1CCCCO[C@@H](CN(C)S(=O)(=O)c2ccccc2)[C@H](C)CN([C@@H](C)CO)C(=O)c2cc(NS(=O)(=O)c3cccs3)ccc2O1. The lowest BCUT2D eigenvalue weighted by Crippen LogP contribution is -2.48. The van der Waals surface area contributed by atoms with Crippen LogP contribution in [0.3, 0.4) is 0 Å². The molecule has 0 unspecified atom stereocenters. The fourth-order valence-corrected chi connectivity index (χ4v) is 8.44. The Morgan fingerprint density at radius 3 is 2.48 bits per heavy atom. The molecular formula is C32H43N3O8S3. The third-order valence-electron chi connectivity index (χ3n) is 7.95. The molecule has 1 aliphatic rings. The Balaban J connectivity index is 1.67. The van der Waals surface area contributed by atoms with Crippen molar-refractivity contribution < 1.29 is 36.2 Å². The Hall–Kier alpha value is -3.01. The van der Waals surface area contributed by atoms with Crippen molar-refractivity contribution in [1.29, 1.82) is 0 Å². The van der Waals surface area contributed by atoms with Gasteiger partial charge in [-0.25, -0.2) is 16.8 Å². The van der Waals surface area contributed by atoms with Gasteiger partial charge in [0.2, 0.25) is 10.0 Å². The number of anilines is 1. The molecule has 0 fully saturated rings. The molecule has 2 heterocycles. The molecule has 1 amide bonds. The fourth-order valence-electron chi connectivity index (χ4n) is 5.19. The van der Waals surface area contributed by atoms with Crippen LogP contribution < -0.4 is 9.46 Å². The van der Waals surface area contributed by atoms with Crippen molar-refractivity contribution in [1.82, 2.24) is 9.21 Å². The number of sulfonamides is 2. The van der Waals surface area contributed by atoms with E-state index in [1.807, 2.05) is 13.8 Å². The van der Waals surface area contributed by atoms with E-state index in [9.17, 15) is 26.7 Å². The summed E-state index contributed by atoms with van der Waals surface area (Å²) in [5, 5.41) is 11.8. The van der Waals surface area contributed by atoms with E-state index >= 15 is 0 Å². The quantitative estimate of drug-likeness (QED) is 0.330. The molecule has 11 nitrogen and oxygen atoms in total. The maximum atomic E-state index is 14.3. The van der Waals surface area contributed by atoms with Gasteiger partial charge >= 0.3 is 0 Å². The van der Waals surface area contributed by atoms with Gasteiger partial charge in [0, 0.05) is 38.3 Å². The maximum absolute atomic E-state index is 14.3. The molecule has 46 heavy (non-hydrogen) atoms. The van der Waals surface area contributed by atoms with E-state index in [1.54, 1.807) is 60.8 Å². The number of carbonyl (C=O) groups excluding carboxylic acids is 1. The Morgan fingerprint density at radius 1 is 1.07 bits per heavy atom. The number of benzene rings is 2. The molecule has 1 aliphatic heterocycles. The molecule has 14 heteroatoms. The first-order chi connectivity index (χ1) is 21.8. The van der Waals surface area contributed by atoms with E-state index in [0.717, 1.165) is 24.2 Å². The molecule has 1 aromatic heterocycles. The molecule has 4 rings (SSSR count). The number of ether oxygens (including phenoxy) is 2. The number of aliphatic hydroxyl groups excluding tert-OH is 1. The third-order valence-corrected chi connectivity index (χ3v) is 12.6. The van der Waals surface area contributed by atoms with E-state index in [2.05, 4.69) is 4.72 Å². The van der Waals surface area contributed by atoms with Gasteiger partial charge in [-0.05, 0) is 74.9 Å². The molecule has 2 N–H and O–H groups in total. The summed E-state index contributed by atoms with van der Waals surface area (Å²) in [7, 11) is -6.16. The highest BCUT2D eigenvalue weighted by Gasteiger charge is 2.32. The highest BCUT2D eigenvalue weighted by molar-refractivity contribution is 7.94. The van der Waals surface area contributed by atoms with Crippen molar-refractivity contribution in [2.45, 2.75) is 67.4 Å². The molecule has 0 saturated carbocycles. The van der Waals surface area contributed by atoms with Crippen LogP contribution in [-0.4, -0.2) is 88.7 Å². The van der Waals surface area contributed by atoms with Gasteiger partial charge in [0.05, 0.1) is 35.3 Å². The van der Waals surface area contributed by atoms with Crippen molar-refractivity contribution in [3.8, 4) is 5.75 Å². The van der Waals surface area contributed by atoms with Gasteiger partial charge in [0.15, 0.2) is 0 Å². The molecular weight excluding hydrogens is 651 g/mol. The lowest BCUT2D eigenvalue weighted by Gasteiger charge is -2.35. The number of amides is 1. The lowest BCUT2D eigenvalue weighted by atomic mass is 10.0. The van der Waals surface area contributed by atoms with Crippen molar-refractivity contribution in [2.75, 3.05) is 38.1 Å². The first-order valence-electron chi connectivity index (χ1n) is 15.2. The number of nitrogens with zero attached hydrogens (tertiary/aromatic N) is 2. The Bertz CT molecular complexity index is 1650. The zero-order valence-corrected chi connectivity index (χ0v) is 29.0. The highest BCUT2D eigenvalue weighted by Crippen LogP contribution is 2.30. The topological polar surface area (TPSA) is 143 Å². The first-order valence-corrected chi connectivity index (χ1v) is 19.1. The highest BCUT2D eigenvalue weighted by atomic mass is 32.2. The van der Waals surface area contributed by atoms with Gasteiger partial charge in [-0.3, -0.25) is 9.52 Å². The molecule has 0 saturated heterocycles. The molecule has 0 bridgehead atoms. The van der Waals surface area contributed by atoms with Crippen LogP contribution in [0.1, 0.15) is 50.4 Å². The molecule has 0 aliphatic carbocycles. The van der Waals surface area contributed by atoms with Gasteiger partial charge in [-0.15, -0.1) is 11.3 Å². The minimum atomic E-state index is -3.88. The number of hydrogen-bond acceptors (Lipinski definition) is 9. The van der Waals surface area contributed by atoms with Crippen LogP contribution in [0, 0.1) is 5.92 Å². The van der Waals surface area contributed by atoms with Gasteiger partial charge < -0.3 is 19.5 Å². The molecule has 4 atom stereocenters. The molecule has 0 radical (unpaired) electrons. The third kappa shape index (κ3) is 8.87. The normalized spacial score (nSPS) is 21.2. The first kappa shape index (κ1) is 35.8. The molecule has 2 aromatic carbocycles. The fraction of sp³-hybridized carbons (Fsp3) is 0.469. The summed E-state index contributed by atoms with van der Waals surface area (Å²) in [6.45, 7) is 5.75. The Kier molecular flexibility index (Phi) is 12.2. The van der Waals surface area contributed by atoms with Gasteiger partial charge in [-0.1, -0.05) is 31.2 Å². The monoisotopic (exact) mass is 693 g/mol. The minimum Gasteiger partial charge on any atom is -0.490 e. The van der Waals surface area contributed by atoms with E-state index in [1.165, 1.54) is 28.4 Å². The second-order valence-corrected chi connectivity index (χ2v) is 16.5. The van der Waals surface area contributed by atoms with Crippen molar-refractivity contribution in [3.63, 3.8) is 0 Å². The van der Waals surface area contributed by atoms with Crippen molar-refractivity contribution in [3.05, 3.63) is 71.6 Å². The van der Waals surface area contributed by atoms with E-state index in [4.69, 9.17) is 9.47 Å². The van der Waals surface area contributed by atoms with E-state index in [0.29, 0.717) is 18.8 Å². The maximum Gasteiger partial charge on any atom is 0.271 e. The molecule has 0 spiro atoms. The summed E-state index contributed by atoms with van der Waals surface area (Å²) in [4.78, 5) is 16.0. The Morgan fingerprint density at radius 2 is 1.80 bits per heavy atom. The standard InChI is InChI=1S/C32H43N3O8S3/c1-23-20-35(24(2)22-36)32(37)28-19-26(33-45(38,39)31-14-10-18-44-31)15-16-29(28)43-25(3)11-8-9-17-42-30(23)21-34(4)46(40,41)27-12-6-5-7-13-27/h5-7,10,12-16,18-19,23-25,30,33,36H,8-9,11,17,20-22H2,1-4H3/t23-,24+,25-,30+/m1/s1. The van der Waals surface area contributed by atoms with Crippen LogP contribution >= 0.6 is 11.3 Å². The minimum absolute atomic E-state index is 0.0542. The number of nitrogens with one attached hydrogen (secondary N) is 1. The van der Waals surface area contributed by atoms with Gasteiger partial charge in [0.1, 0.15) is 9.96 Å². The summed E-state index contributed by atoms with van der Waals surface area (Å²) < 4.78 is 69.1. The summed E-state index contributed by atoms with van der Waals surface area (Å²) in [6, 6.07) is 15.3. The number of likely N-dealkylation sites (N-methyl/N-ethyl adjacent to an activating group) is 1. The number of hydrogen-bond donors (Lipinski definition) is 2. The van der Waals surface area contributed by atoms with Crippen LogP contribution in [0.5, 0.6) is 5.75 Å². The zero-order valence-electron chi connectivity index (χ0n) is 26.5. The van der Waals surface area contributed by atoms with Crippen LogP contribution in [-0.2, 0) is 24.8 Å². The van der Waals surface area contributed by atoms with Gasteiger partial charge in [0.25, 0.3) is 15.9 Å². The second-order valence-electron chi connectivity index (χ2n) is 11.6. The lowest BCUT2D eigenvalue weighted by molar-refractivity contribution is -0.00833. The predicted octanol–water partition coefficient (Wildman–Crippen LogP) is 4.67. The smallest absolute Gasteiger partial charge is 0.271 e. The van der Waals surface area contributed by atoms with E-state index < -0.39 is 38.1 Å². The number of rotatable bonds is 9. The zero-order chi connectivity index (χ0) is 33.5. The summed E-state index contributed by atoms with van der Waals surface area (Å²) in [5.41, 5.74) is 0.334. The number of aliphatic hydroxyl groups is 1. The average molecular weight is 694 g/mol. The number of thiophene rings is 1. The van der Waals surface area contributed by atoms with Crippen LogP contribution in [0.4, 0.5) is 5.69 Å². The van der Waals surface area contributed by atoms with Crippen LogP contribution in [0.15, 0.2) is 75.1 Å². The van der Waals surface area contributed by atoms with Crippen molar-refractivity contribution >= 4 is 43.0 Å². The number of carbonyl (C=O) groups is 1. The van der Waals surface area contributed by atoms with Crippen LogP contribution in [0.2, 0.25) is 0 Å². The van der Waals surface area contributed by atoms with Gasteiger partial charge in [-0.2, -0.15) is 4.31 Å². The number of fused-ring (bicyclic) bond motifs is 1. The van der Waals surface area contributed by atoms with Crippen molar-refractivity contribution in [2.24, 2.45) is 5.92 Å². The molecule has 252 valence electrons. The second kappa shape index (κ2) is 15.7. The predicted molar refractivity (Wildman–Crippen MR) is 178 cm³/mol.